The van der Waals surface area contributed by atoms with Gasteiger partial charge in [0.1, 0.15) is 34.4 Å². The third-order valence-corrected chi connectivity index (χ3v) is 6.87. The van der Waals surface area contributed by atoms with E-state index in [1.165, 1.54) is 26.1 Å². The molecule has 2 heterocycles. The quantitative estimate of drug-likeness (QED) is 0.163. The van der Waals surface area contributed by atoms with Gasteiger partial charge in [-0.2, -0.15) is 0 Å². The lowest BCUT2D eigenvalue weighted by Gasteiger charge is -2.13. The van der Waals surface area contributed by atoms with Gasteiger partial charge in [0.15, 0.2) is 17.4 Å². The molecule has 0 saturated heterocycles. The Labute approximate surface area is 278 Å². The Morgan fingerprint density at radius 1 is 0.756 bits per heavy atom. The molecule has 13 heteroatoms. The number of hydrogen-bond acceptors (Lipinski definition) is 10. The number of ketones is 2. The summed E-state index contributed by atoms with van der Waals surface area (Å²) in [5, 5.41) is 3.23. The Hall–Kier alpha value is -4.07. The molecular weight excluding hydrogens is 715 g/mol. The van der Waals surface area contributed by atoms with Gasteiger partial charge in [0.25, 0.3) is 0 Å². The lowest BCUT2D eigenvalue weighted by atomic mass is 10.1. The van der Waals surface area contributed by atoms with Crippen LogP contribution in [0, 0.1) is 5.82 Å². The fraction of sp³-hybridized carbons (Fsp3) is 0.250. The van der Waals surface area contributed by atoms with Crippen LogP contribution in [-0.2, 0) is 13.1 Å². The van der Waals surface area contributed by atoms with Crippen LogP contribution >= 0.6 is 31.9 Å². The zero-order valence-corrected chi connectivity index (χ0v) is 28.9. The first-order chi connectivity index (χ1) is 21.5. The summed E-state index contributed by atoms with van der Waals surface area (Å²) in [5.41, 5.74) is 8.41. The van der Waals surface area contributed by atoms with Gasteiger partial charge in [-0.05, 0) is 62.2 Å². The summed E-state index contributed by atoms with van der Waals surface area (Å²) in [6.07, 6.45) is 3.00. The van der Waals surface area contributed by atoms with Crippen molar-refractivity contribution >= 4 is 49.1 Å². The lowest BCUT2D eigenvalue weighted by molar-refractivity contribution is 0.0998. The number of ether oxygens (including phenoxy) is 4. The Morgan fingerprint density at radius 2 is 1.24 bits per heavy atom. The molecule has 4 aromatic rings. The molecule has 0 saturated carbocycles. The van der Waals surface area contributed by atoms with Gasteiger partial charge in [-0.1, -0.05) is 6.07 Å². The number of nitrogens with zero attached hydrogens (tertiary/aromatic N) is 2. The van der Waals surface area contributed by atoms with Crippen LogP contribution in [0.15, 0.2) is 69.9 Å². The predicted octanol–water partition coefficient (Wildman–Crippen LogP) is 7.02. The van der Waals surface area contributed by atoms with Gasteiger partial charge in [-0.15, -0.1) is 0 Å². The molecule has 0 atom stereocenters. The molecular formula is C32H35Br2FN4O6. The molecule has 3 N–H and O–H groups in total. The lowest BCUT2D eigenvalue weighted by Crippen LogP contribution is -2.08. The monoisotopic (exact) mass is 748 g/mol. The minimum absolute atomic E-state index is 0.0864. The number of Topliss-reactive ketones (excluding diaryl/α,β-unsaturated/α-hetero) is 2. The molecule has 45 heavy (non-hydrogen) atoms. The highest BCUT2D eigenvalue weighted by Gasteiger charge is 2.11. The van der Waals surface area contributed by atoms with Crippen molar-refractivity contribution in [1.82, 2.24) is 9.97 Å². The van der Waals surface area contributed by atoms with Crippen LogP contribution in [0.5, 0.6) is 23.0 Å². The van der Waals surface area contributed by atoms with Gasteiger partial charge in [-0.3, -0.25) is 9.59 Å². The summed E-state index contributed by atoms with van der Waals surface area (Å²) < 4.78 is 34.8. The zero-order valence-electron chi connectivity index (χ0n) is 25.7. The molecule has 0 spiro atoms. The second-order valence-corrected chi connectivity index (χ2v) is 10.9. The van der Waals surface area contributed by atoms with E-state index in [0.29, 0.717) is 28.9 Å². The number of pyridine rings is 2. The average molecular weight is 750 g/mol. The highest BCUT2D eigenvalue weighted by molar-refractivity contribution is 9.10. The highest BCUT2D eigenvalue weighted by Crippen LogP contribution is 2.27. The van der Waals surface area contributed by atoms with Crippen LogP contribution in [0.1, 0.15) is 46.0 Å². The zero-order chi connectivity index (χ0) is 33.5. The number of halogens is 3. The molecule has 4 rings (SSSR count). The largest absolute Gasteiger partial charge is 0.497 e. The SMILES string of the molecule is CC(=O)c1ncc(Br)cc1F.COc1ccc(CN)c(OC)c1.COc1ccc(CNc2cc(Br)cnc2C(C)=O)c(OC)c1. The Morgan fingerprint density at radius 3 is 1.71 bits per heavy atom. The molecule has 0 aliphatic heterocycles. The van der Waals surface area contributed by atoms with Crippen LogP contribution in [-0.4, -0.2) is 50.0 Å². The van der Waals surface area contributed by atoms with Crippen molar-refractivity contribution in [1.29, 1.82) is 0 Å². The van der Waals surface area contributed by atoms with Crippen LogP contribution in [0.25, 0.3) is 0 Å². The Balaban J connectivity index is 0.000000259. The van der Waals surface area contributed by atoms with Crippen molar-refractivity contribution in [2.75, 3.05) is 33.8 Å². The number of anilines is 1. The molecule has 240 valence electrons. The Kier molecular flexibility index (Phi) is 15.4. The smallest absolute Gasteiger partial charge is 0.181 e. The predicted molar refractivity (Wildman–Crippen MR) is 178 cm³/mol. The van der Waals surface area contributed by atoms with Crippen LogP contribution < -0.4 is 30.0 Å². The van der Waals surface area contributed by atoms with E-state index in [9.17, 15) is 14.0 Å². The standard InChI is InChI=1S/C16H17BrN2O3.C9H13NO2.C7H5BrFNO/c1-10(20)16-14(6-12(17)9-19-16)18-8-11-4-5-13(21-2)7-15(11)22-3;1-11-8-4-3-7(6-10)9(5-8)12-2;1-4(11)7-6(9)2-5(8)3-10-7/h4-7,9,18H,8H2,1-3H3;3-5H,6,10H2,1-2H3;2-3H,1H3. The molecule has 0 fully saturated rings. The van der Waals surface area contributed by atoms with Gasteiger partial charge in [0.05, 0.1) is 34.1 Å². The number of carbonyl (C=O) groups is 2. The van der Waals surface area contributed by atoms with Gasteiger partial charge in [0, 0.05) is 71.5 Å². The normalized spacial score (nSPS) is 9.91. The minimum atomic E-state index is -0.591. The fourth-order valence-electron chi connectivity index (χ4n) is 3.74. The summed E-state index contributed by atoms with van der Waals surface area (Å²) >= 11 is 6.40. The number of hydrogen-bond donors (Lipinski definition) is 2. The molecule has 2 aromatic carbocycles. The van der Waals surface area contributed by atoms with Crippen LogP contribution in [0.2, 0.25) is 0 Å². The first kappa shape index (κ1) is 37.1. The van der Waals surface area contributed by atoms with Crippen LogP contribution in [0.4, 0.5) is 10.1 Å². The van der Waals surface area contributed by atoms with Crippen molar-refractivity contribution in [2.45, 2.75) is 26.9 Å². The van der Waals surface area contributed by atoms with Crippen molar-refractivity contribution in [3.8, 4) is 23.0 Å². The van der Waals surface area contributed by atoms with E-state index < -0.39 is 5.82 Å². The van der Waals surface area contributed by atoms with Gasteiger partial charge in [-0.25, -0.2) is 14.4 Å². The second-order valence-electron chi connectivity index (χ2n) is 9.06. The fourth-order valence-corrected chi connectivity index (χ4v) is 4.37. The van der Waals surface area contributed by atoms with Crippen molar-refractivity contribution in [3.63, 3.8) is 0 Å². The van der Waals surface area contributed by atoms with E-state index in [0.717, 1.165) is 38.6 Å². The summed E-state index contributed by atoms with van der Waals surface area (Å²) in [6, 6.07) is 14.2. The Bertz CT molecular complexity index is 1610. The molecule has 0 amide bonds. The van der Waals surface area contributed by atoms with Gasteiger partial charge < -0.3 is 30.0 Å². The molecule has 10 nitrogen and oxygen atoms in total. The number of methoxy groups -OCH3 is 4. The topological polar surface area (TPSA) is 135 Å². The number of carbonyl (C=O) groups excluding carboxylic acids is 2. The third-order valence-electron chi connectivity index (χ3n) is 6.01. The van der Waals surface area contributed by atoms with E-state index in [2.05, 4.69) is 47.1 Å². The molecule has 0 aliphatic carbocycles. The van der Waals surface area contributed by atoms with Crippen molar-refractivity contribution < 1.29 is 32.9 Å². The summed E-state index contributed by atoms with van der Waals surface area (Å²) in [5.74, 6) is 1.97. The summed E-state index contributed by atoms with van der Waals surface area (Å²) in [6.45, 7) is 3.76. The minimum Gasteiger partial charge on any atom is -0.497 e. The second kappa shape index (κ2) is 18.7. The molecule has 0 unspecified atom stereocenters. The number of benzene rings is 2. The van der Waals surface area contributed by atoms with Crippen LogP contribution in [0.3, 0.4) is 0 Å². The highest BCUT2D eigenvalue weighted by atomic mass is 79.9. The average Bonchev–Trinajstić information content (AvgIpc) is 3.03. The van der Waals surface area contributed by atoms with Crippen molar-refractivity contribution in [3.05, 3.63) is 98.2 Å². The number of rotatable bonds is 10. The van der Waals surface area contributed by atoms with E-state index >= 15 is 0 Å². The third kappa shape index (κ3) is 11.4. The molecule has 0 bridgehead atoms. The van der Waals surface area contributed by atoms with Gasteiger partial charge in [0.2, 0.25) is 0 Å². The maximum atomic E-state index is 12.8. The summed E-state index contributed by atoms with van der Waals surface area (Å²) in [4.78, 5) is 30.1. The maximum Gasteiger partial charge on any atom is 0.181 e. The molecule has 0 radical (unpaired) electrons. The number of aromatic nitrogens is 2. The first-order valence-corrected chi connectivity index (χ1v) is 14.9. The van der Waals surface area contributed by atoms with E-state index in [1.807, 2.05) is 42.5 Å². The van der Waals surface area contributed by atoms with E-state index in [-0.39, 0.29) is 17.3 Å². The van der Waals surface area contributed by atoms with E-state index in [4.69, 9.17) is 24.7 Å². The summed E-state index contributed by atoms with van der Waals surface area (Å²) in [7, 11) is 6.46. The molecule has 2 aromatic heterocycles. The number of nitrogens with one attached hydrogen (secondary N) is 1. The first-order valence-electron chi connectivity index (χ1n) is 13.3. The maximum absolute atomic E-state index is 12.8. The van der Waals surface area contributed by atoms with Gasteiger partial charge >= 0.3 is 0 Å². The number of nitrogens with two attached hydrogens (primary N) is 1. The van der Waals surface area contributed by atoms with Crippen molar-refractivity contribution in [2.24, 2.45) is 5.73 Å². The van der Waals surface area contributed by atoms with E-state index in [1.54, 1.807) is 34.6 Å². The molecule has 0 aliphatic rings.